The number of rotatable bonds is 8. The van der Waals surface area contributed by atoms with Gasteiger partial charge in [-0.25, -0.2) is 4.39 Å². The van der Waals surface area contributed by atoms with E-state index in [2.05, 4.69) is 10.6 Å². The number of nitrogens with one attached hydrogen (secondary N) is 2. The molecule has 2 N–H and O–H groups in total. The molecule has 0 aliphatic heterocycles. The van der Waals surface area contributed by atoms with Crippen molar-refractivity contribution in [2.24, 2.45) is 0 Å². The highest BCUT2D eigenvalue weighted by atomic mass is 19.1. The Bertz CT molecular complexity index is 612. The predicted octanol–water partition coefficient (Wildman–Crippen LogP) is 2.74. The Morgan fingerprint density at radius 3 is 2.35 bits per heavy atom. The van der Waals surface area contributed by atoms with Crippen LogP contribution in [0.15, 0.2) is 48.5 Å². The number of methoxy groups -OCH3 is 1. The van der Waals surface area contributed by atoms with E-state index in [1.54, 1.807) is 19.2 Å². The molecule has 122 valence electrons. The molecule has 0 spiro atoms. The van der Waals surface area contributed by atoms with Crippen LogP contribution in [0, 0.1) is 5.82 Å². The second-order valence-corrected chi connectivity index (χ2v) is 5.20. The molecule has 0 saturated carbocycles. The molecule has 0 saturated heterocycles. The number of anilines is 1. The Balaban J connectivity index is 1.79. The molecule has 1 amide bonds. The van der Waals surface area contributed by atoms with Gasteiger partial charge in [0.1, 0.15) is 5.82 Å². The van der Waals surface area contributed by atoms with Gasteiger partial charge in [0.05, 0.1) is 13.0 Å². The molecule has 0 aliphatic rings. The van der Waals surface area contributed by atoms with E-state index in [0.29, 0.717) is 26.1 Å². The first-order valence-electron chi connectivity index (χ1n) is 7.50. The van der Waals surface area contributed by atoms with Gasteiger partial charge in [-0.1, -0.05) is 24.3 Å². The first-order valence-corrected chi connectivity index (χ1v) is 7.50. The lowest BCUT2D eigenvalue weighted by Crippen LogP contribution is -2.28. The summed E-state index contributed by atoms with van der Waals surface area (Å²) in [5, 5.41) is 6.05. The van der Waals surface area contributed by atoms with Gasteiger partial charge in [0.2, 0.25) is 5.91 Å². The van der Waals surface area contributed by atoms with Gasteiger partial charge < -0.3 is 15.4 Å². The normalized spacial score (nSPS) is 10.3. The van der Waals surface area contributed by atoms with Crippen LogP contribution in [0.2, 0.25) is 0 Å². The smallest absolute Gasteiger partial charge is 0.224 e. The fourth-order valence-electron chi connectivity index (χ4n) is 2.09. The Morgan fingerprint density at radius 1 is 1.04 bits per heavy atom. The van der Waals surface area contributed by atoms with Gasteiger partial charge >= 0.3 is 0 Å². The van der Waals surface area contributed by atoms with Crippen molar-refractivity contribution >= 4 is 11.6 Å². The Kier molecular flexibility index (Phi) is 6.56. The monoisotopic (exact) mass is 316 g/mol. The standard InChI is InChI=1S/C18H21FN2O2/c1-23-11-10-20-18(22)12-14-4-8-17(9-5-14)21-13-15-2-6-16(19)7-3-15/h2-9,21H,10-13H2,1H3,(H,20,22). The maximum atomic E-state index is 12.8. The van der Waals surface area contributed by atoms with Crippen molar-refractivity contribution in [1.82, 2.24) is 5.32 Å². The third-order valence-electron chi connectivity index (χ3n) is 3.36. The summed E-state index contributed by atoms with van der Waals surface area (Å²) >= 11 is 0. The summed E-state index contributed by atoms with van der Waals surface area (Å²) in [7, 11) is 1.60. The highest BCUT2D eigenvalue weighted by Crippen LogP contribution is 2.12. The van der Waals surface area contributed by atoms with Gasteiger partial charge in [-0.15, -0.1) is 0 Å². The number of ether oxygens (including phenoxy) is 1. The molecule has 2 aromatic carbocycles. The zero-order valence-corrected chi connectivity index (χ0v) is 13.1. The van der Waals surface area contributed by atoms with Gasteiger partial charge in [0.25, 0.3) is 0 Å². The maximum absolute atomic E-state index is 12.8. The maximum Gasteiger partial charge on any atom is 0.224 e. The average Bonchev–Trinajstić information content (AvgIpc) is 2.56. The molecule has 0 heterocycles. The third kappa shape index (κ3) is 6.08. The lowest BCUT2D eigenvalue weighted by atomic mass is 10.1. The highest BCUT2D eigenvalue weighted by Gasteiger charge is 2.03. The second kappa shape index (κ2) is 8.90. The van der Waals surface area contributed by atoms with Crippen LogP contribution in [0.3, 0.4) is 0 Å². The van der Waals surface area contributed by atoms with E-state index in [4.69, 9.17) is 4.74 Å². The number of carbonyl (C=O) groups is 1. The predicted molar refractivity (Wildman–Crippen MR) is 88.8 cm³/mol. The summed E-state index contributed by atoms with van der Waals surface area (Å²) in [6.07, 6.45) is 0.349. The number of carbonyl (C=O) groups excluding carboxylic acids is 1. The minimum absolute atomic E-state index is 0.0194. The molecule has 0 bridgehead atoms. The van der Waals surface area contributed by atoms with Crippen LogP contribution < -0.4 is 10.6 Å². The van der Waals surface area contributed by atoms with Crippen LogP contribution in [-0.2, 0) is 22.5 Å². The first kappa shape index (κ1) is 17.0. The van der Waals surface area contributed by atoms with E-state index in [1.165, 1.54) is 12.1 Å². The summed E-state index contributed by atoms with van der Waals surface area (Å²) in [4.78, 5) is 11.7. The number of amides is 1. The number of halogens is 1. The molecule has 4 nitrogen and oxygen atoms in total. The van der Waals surface area contributed by atoms with Crippen LogP contribution in [0.25, 0.3) is 0 Å². The second-order valence-electron chi connectivity index (χ2n) is 5.20. The van der Waals surface area contributed by atoms with Crippen LogP contribution in [-0.4, -0.2) is 26.2 Å². The van der Waals surface area contributed by atoms with Crippen molar-refractivity contribution in [2.45, 2.75) is 13.0 Å². The van der Waals surface area contributed by atoms with Gasteiger partial charge in [-0.05, 0) is 35.4 Å². The van der Waals surface area contributed by atoms with Crippen LogP contribution in [0.1, 0.15) is 11.1 Å². The van der Waals surface area contributed by atoms with E-state index in [1.807, 2.05) is 24.3 Å². The molecule has 0 aliphatic carbocycles. The SMILES string of the molecule is COCCNC(=O)Cc1ccc(NCc2ccc(F)cc2)cc1. The molecule has 0 aromatic heterocycles. The quantitative estimate of drug-likeness (QED) is 0.736. The minimum Gasteiger partial charge on any atom is -0.383 e. The molecule has 23 heavy (non-hydrogen) atoms. The van der Waals surface area contributed by atoms with Crippen LogP contribution in [0.4, 0.5) is 10.1 Å². The molecule has 0 atom stereocenters. The summed E-state index contributed by atoms with van der Waals surface area (Å²) in [5.74, 6) is -0.254. The Hall–Kier alpha value is -2.40. The summed E-state index contributed by atoms with van der Waals surface area (Å²) in [6.45, 7) is 1.65. The molecule has 0 unspecified atom stereocenters. The highest BCUT2D eigenvalue weighted by molar-refractivity contribution is 5.78. The van der Waals surface area contributed by atoms with E-state index in [9.17, 15) is 9.18 Å². The molecule has 2 aromatic rings. The number of benzene rings is 2. The molecule has 2 rings (SSSR count). The van der Waals surface area contributed by atoms with E-state index < -0.39 is 0 Å². The number of hydrogen-bond donors (Lipinski definition) is 2. The van der Waals surface area contributed by atoms with Crippen molar-refractivity contribution in [1.29, 1.82) is 0 Å². The summed E-state index contributed by atoms with van der Waals surface area (Å²) in [6, 6.07) is 14.1. The topological polar surface area (TPSA) is 50.4 Å². The van der Waals surface area contributed by atoms with E-state index >= 15 is 0 Å². The van der Waals surface area contributed by atoms with Gasteiger partial charge in [0, 0.05) is 25.9 Å². The fraction of sp³-hybridized carbons (Fsp3) is 0.278. The molecular weight excluding hydrogens is 295 g/mol. The van der Waals surface area contributed by atoms with E-state index in [0.717, 1.165) is 16.8 Å². The first-order chi connectivity index (χ1) is 11.2. The van der Waals surface area contributed by atoms with Crippen molar-refractivity contribution in [3.05, 3.63) is 65.5 Å². The Labute approximate surface area is 135 Å². The zero-order chi connectivity index (χ0) is 16.5. The van der Waals surface area contributed by atoms with Gasteiger partial charge in [0.15, 0.2) is 0 Å². The van der Waals surface area contributed by atoms with Crippen molar-refractivity contribution < 1.29 is 13.9 Å². The molecule has 0 radical (unpaired) electrons. The fourth-order valence-corrected chi connectivity index (χ4v) is 2.09. The Morgan fingerprint density at radius 2 is 1.70 bits per heavy atom. The van der Waals surface area contributed by atoms with Crippen LogP contribution >= 0.6 is 0 Å². The summed E-state index contributed by atoms with van der Waals surface area (Å²) in [5.41, 5.74) is 2.91. The van der Waals surface area contributed by atoms with E-state index in [-0.39, 0.29) is 11.7 Å². The van der Waals surface area contributed by atoms with Gasteiger partial charge in [-0.3, -0.25) is 4.79 Å². The van der Waals surface area contributed by atoms with Crippen molar-refractivity contribution in [3.63, 3.8) is 0 Å². The molecule has 0 fully saturated rings. The lowest BCUT2D eigenvalue weighted by molar-refractivity contribution is -0.120. The average molecular weight is 316 g/mol. The summed E-state index contributed by atoms with van der Waals surface area (Å²) < 4.78 is 17.7. The van der Waals surface area contributed by atoms with Crippen molar-refractivity contribution in [2.75, 3.05) is 25.6 Å². The zero-order valence-electron chi connectivity index (χ0n) is 13.1. The molecular formula is C18H21FN2O2. The largest absolute Gasteiger partial charge is 0.383 e. The van der Waals surface area contributed by atoms with Crippen LogP contribution in [0.5, 0.6) is 0 Å². The van der Waals surface area contributed by atoms with Crippen molar-refractivity contribution in [3.8, 4) is 0 Å². The van der Waals surface area contributed by atoms with Gasteiger partial charge in [-0.2, -0.15) is 0 Å². The molecule has 5 heteroatoms. The minimum atomic E-state index is -0.234. The third-order valence-corrected chi connectivity index (χ3v) is 3.36. The lowest BCUT2D eigenvalue weighted by Gasteiger charge is -2.08. The number of hydrogen-bond acceptors (Lipinski definition) is 3.